The van der Waals surface area contributed by atoms with E-state index < -0.39 is 0 Å². The van der Waals surface area contributed by atoms with Gasteiger partial charge in [0.2, 0.25) is 5.28 Å². The lowest BCUT2D eigenvalue weighted by molar-refractivity contribution is 1.09. The Balaban J connectivity index is 2.42. The summed E-state index contributed by atoms with van der Waals surface area (Å²) in [4.78, 5) is 8.37. The highest BCUT2D eigenvalue weighted by molar-refractivity contribution is 6.29. The average molecular weight is 246 g/mol. The molecule has 2 heterocycles. The Morgan fingerprint density at radius 2 is 2.12 bits per heavy atom. The molecule has 84 valence electrons. The Morgan fingerprint density at radius 3 is 2.88 bits per heavy atom. The molecule has 5 nitrogen and oxygen atoms in total. The fourth-order valence-corrected chi connectivity index (χ4v) is 1.92. The number of hydrogen-bond donors (Lipinski definition) is 2. The fourth-order valence-electron chi connectivity index (χ4n) is 1.75. The molecule has 0 saturated carbocycles. The molecule has 0 spiro atoms. The minimum Gasteiger partial charge on any atom is -0.397 e. The number of hydrogen-bond acceptors (Lipinski definition) is 4. The Kier molecular flexibility index (Phi) is 2.19. The molecule has 17 heavy (non-hydrogen) atoms. The maximum Gasteiger partial charge on any atom is 0.223 e. The molecule has 0 bridgehead atoms. The number of halogens is 1. The van der Waals surface area contributed by atoms with Gasteiger partial charge in [-0.05, 0) is 17.7 Å². The second-order valence-electron chi connectivity index (χ2n) is 3.57. The number of anilines is 1. The normalized spacial score (nSPS) is 10.9. The van der Waals surface area contributed by atoms with Crippen molar-refractivity contribution in [3.05, 3.63) is 35.9 Å². The highest BCUT2D eigenvalue weighted by atomic mass is 35.5. The SMILES string of the molecule is Nc1cccc2c(-c3cn[nH]c3)nc(Cl)nc12. The van der Waals surface area contributed by atoms with Gasteiger partial charge in [0.1, 0.15) is 0 Å². The van der Waals surface area contributed by atoms with E-state index in [-0.39, 0.29) is 5.28 Å². The van der Waals surface area contributed by atoms with Crippen LogP contribution in [0, 0.1) is 0 Å². The van der Waals surface area contributed by atoms with E-state index >= 15 is 0 Å². The first-order chi connectivity index (χ1) is 8.25. The first-order valence-electron chi connectivity index (χ1n) is 4.96. The third kappa shape index (κ3) is 1.60. The van der Waals surface area contributed by atoms with Crippen molar-refractivity contribution in [2.24, 2.45) is 0 Å². The highest BCUT2D eigenvalue weighted by Gasteiger charge is 2.11. The average Bonchev–Trinajstić information content (AvgIpc) is 2.83. The van der Waals surface area contributed by atoms with Crippen molar-refractivity contribution in [3.8, 4) is 11.3 Å². The predicted octanol–water partition coefficient (Wildman–Crippen LogP) is 2.26. The molecular weight excluding hydrogens is 238 g/mol. The number of H-pyrrole nitrogens is 1. The summed E-state index contributed by atoms with van der Waals surface area (Å²) in [6.45, 7) is 0. The zero-order valence-corrected chi connectivity index (χ0v) is 9.44. The molecule has 1 aromatic carbocycles. The van der Waals surface area contributed by atoms with Gasteiger partial charge in [0.05, 0.1) is 23.1 Å². The second-order valence-corrected chi connectivity index (χ2v) is 3.91. The largest absolute Gasteiger partial charge is 0.397 e. The third-order valence-electron chi connectivity index (χ3n) is 2.50. The van der Waals surface area contributed by atoms with Crippen LogP contribution in [-0.2, 0) is 0 Å². The van der Waals surface area contributed by atoms with Gasteiger partial charge in [0, 0.05) is 17.1 Å². The Bertz CT molecular complexity index is 678. The Hall–Kier alpha value is -2.14. The molecular formula is C11H8ClN5. The zero-order chi connectivity index (χ0) is 11.8. The van der Waals surface area contributed by atoms with Crippen molar-refractivity contribution < 1.29 is 0 Å². The number of para-hydroxylation sites is 1. The van der Waals surface area contributed by atoms with E-state index in [1.165, 1.54) is 0 Å². The van der Waals surface area contributed by atoms with Crippen LogP contribution >= 0.6 is 11.6 Å². The number of rotatable bonds is 1. The van der Waals surface area contributed by atoms with Crippen molar-refractivity contribution >= 4 is 28.2 Å². The third-order valence-corrected chi connectivity index (χ3v) is 2.67. The van der Waals surface area contributed by atoms with E-state index in [2.05, 4.69) is 20.2 Å². The number of fused-ring (bicyclic) bond motifs is 1. The standard InChI is InChI=1S/C11H8ClN5/c12-11-16-9(6-4-14-15-5-6)7-2-1-3-8(13)10(7)17-11/h1-5H,13H2,(H,14,15). The van der Waals surface area contributed by atoms with E-state index in [0.29, 0.717) is 11.2 Å². The quantitative estimate of drug-likeness (QED) is 0.509. The van der Waals surface area contributed by atoms with Gasteiger partial charge >= 0.3 is 0 Å². The van der Waals surface area contributed by atoms with Crippen molar-refractivity contribution in [3.63, 3.8) is 0 Å². The molecule has 3 aromatic rings. The van der Waals surface area contributed by atoms with Crippen LogP contribution in [0.2, 0.25) is 5.28 Å². The molecule has 0 aliphatic carbocycles. The van der Waals surface area contributed by atoms with Gasteiger partial charge in [0.25, 0.3) is 0 Å². The lowest BCUT2D eigenvalue weighted by Crippen LogP contribution is -1.94. The minimum atomic E-state index is 0.173. The molecule has 2 aromatic heterocycles. The summed E-state index contributed by atoms with van der Waals surface area (Å²) in [6, 6.07) is 5.55. The van der Waals surface area contributed by atoms with Crippen LogP contribution in [0.1, 0.15) is 0 Å². The second kappa shape index (κ2) is 3.71. The van der Waals surface area contributed by atoms with Crippen LogP contribution in [0.15, 0.2) is 30.6 Å². The summed E-state index contributed by atoms with van der Waals surface area (Å²) in [6.07, 6.45) is 3.43. The molecule has 0 fully saturated rings. The van der Waals surface area contributed by atoms with Crippen molar-refractivity contribution in [1.82, 2.24) is 20.2 Å². The topological polar surface area (TPSA) is 80.5 Å². The van der Waals surface area contributed by atoms with E-state index in [4.69, 9.17) is 17.3 Å². The molecule has 0 amide bonds. The monoisotopic (exact) mass is 245 g/mol. The lowest BCUT2D eigenvalue weighted by atomic mass is 10.1. The number of benzene rings is 1. The van der Waals surface area contributed by atoms with E-state index in [9.17, 15) is 0 Å². The van der Waals surface area contributed by atoms with E-state index in [1.54, 1.807) is 18.5 Å². The van der Waals surface area contributed by atoms with Crippen LogP contribution in [0.25, 0.3) is 22.2 Å². The maximum absolute atomic E-state index is 5.90. The van der Waals surface area contributed by atoms with Gasteiger partial charge in [-0.15, -0.1) is 0 Å². The molecule has 3 N–H and O–H groups in total. The van der Waals surface area contributed by atoms with Crippen LogP contribution in [-0.4, -0.2) is 20.2 Å². The number of aromatic amines is 1. The first kappa shape index (κ1) is 10.0. The maximum atomic E-state index is 5.90. The summed E-state index contributed by atoms with van der Waals surface area (Å²) >= 11 is 5.90. The fraction of sp³-hybridized carbons (Fsp3) is 0. The summed E-state index contributed by atoms with van der Waals surface area (Å²) in [5, 5.41) is 7.67. The van der Waals surface area contributed by atoms with Crippen LogP contribution in [0.3, 0.4) is 0 Å². The van der Waals surface area contributed by atoms with Crippen LogP contribution in [0.4, 0.5) is 5.69 Å². The molecule has 6 heteroatoms. The van der Waals surface area contributed by atoms with Gasteiger partial charge in [-0.25, -0.2) is 9.97 Å². The van der Waals surface area contributed by atoms with Crippen molar-refractivity contribution in [2.45, 2.75) is 0 Å². The number of nitrogens with two attached hydrogens (primary N) is 1. The van der Waals surface area contributed by atoms with Gasteiger partial charge in [-0.3, -0.25) is 5.10 Å². The molecule has 3 rings (SSSR count). The van der Waals surface area contributed by atoms with E-state index in [0.717, 1.165) is 16.6 Å². The Morgan fingerprint density at radius 1 is 1.24 bits per heavy atom. The number of nitrogen functional groups attached to an aromatic ring is 1. The van der Waals surface area contributed by atoms with Gasteiger partial charge in [-0.1, -0.05) is 12.1 Å². The van der Waals surface area contributed by atoms with Gasteiger partial charge in [-0.2, -0.15) is 5.10 Å². The number of aromatic nitrogens is 4. The van der Waals surface area contributed by atoms with Crippen molar-refractivity contribution in [2.75, 3.05) is 5.73 Å². The first-order valence-corrected chi connectivity index (χ1v) is 5.34. The zero-order valence-electron chi connectivity index (χ0n) is 8.68. The number of nitrogens with one attached hydrogen (secondary N) is 1. The molecule has 0 unspecified atom stereocenters. The van der Waals surface area contributed by atoms with Crippen LogP contribution < -0.4 is 5.73 Å². The molecule has 0 aliphatic rings. The minimum absolute atomic E-state index is 0.173. The Labute approximate surface area is 102 Å². The molecule has 0 atom stereocenters. The summed E-state index contributed by atoms with van der Waals surface area (Å²) in [5.74, 6) is 0. The highest BCUT2D eigenvalue weighted by Crippen LogP contribution is 2.29. The number of nitrogens with zero attached hydrogens (tertiary/aromatic N) is 3. The lowest BCUT2D eigenvalue weighted by Gasteiger charge is -2.05. The van der Waals surface area contributed by atoms with Crippen LogP contribution in [0.5, 0.6) is 0 Å². The molecule has 0 saturated heterocycles. The van der Waals surface area contributed by atoms with Gasteiger partial charge < -0.3 is 5.73 Å². The predicted molar refractivity (Wildman–Crippen MR) is 66.5 cm³/mol. The summed E-state index contributed by atoms with van der Waals surface area (Å²) in [5.41, 5.74) is 8.69. The van der Waals surface area contributed by atoms with Gasteiger partial charge in [0.15, 0.2) is 0 Å². The summed E-state index contributed by atoms with van der Waals surface area (Å²) < 4.78 is 0. The van der Waals surface area contributed by atoms with E-state index in [1.807, 2.05) is 12.1 Å². The van der Waals surface area contributed by atoms with Crippen molar-refractivity contribution in [1.29, 1.82) is 0 Å². The molecule has 0 radical (unpaired) electrons. The molecule has 0 aliphatic heterocycles. The summed E-state index contributed by atoms with van der Waals surface area (Å²) in [7, 11) is 0. The smallest absolute Gasteiger partial charge is 0.223 e.